The van der Waals surface area contributed by atoms with E-state index in [4.69, 9.17) is 9.84 Å². The van der Waals surface area contributed by atoms with Gasteiger partial charge in [-0.3, -0.25) is 0 Å². The minimum absolute atomic E-state index is 0.268. The topological polar surface area (TPSA) is 46.5 Å². The number of carbonyl (C=O) groups is 1. The number of esters is 1. The van der Waals surface area contributed by atoms with Crippen molar-refractivity contribution in [3.8, 4) is 0 Å². The van der Waals surface area contributed by atoms with Crippen molar-refractivity contribution < 1.29 is 14.6 Å². The van der Waals surface area contributed by atoms with Crippen LogP contribution in [0.3, 0.4) is 0 Å². The summed E-state index contributed by atoms with van der Waals surface area (Å²) in [4.78, 5) is 10.9. The minimum atomic E-state index is -0.305. The van der Waals surface area contributed by atoms with E-state index in [1.807, 2.05) is 0 Å². The Morgan fingerprint density at radius 1 is 1.21 bits per heavy atom. The Morgan fingerprint density at radius 2 is 1.79 bits per heavy atom. The van der Waals surface area contributed by atoms with Crippen molar-refractivity contribution in [2.24, 2.45) is 0 Å². The number of aliphatic hydroxyl groups is 1. The number of hydrogen-bond donors (Lipinski definition) is 1. The van der Waals surface area contributed by atoms with Crippen LogP contribution in [0.2, 0.25) is 0 Å². The molecule has 0 aliphatic heterocycles. The van der Waals surface area contributed by atoms with Crippen molar-refractivity contribution >= 4 is 5.97 Å². The van der Waals surface area contributed by atoms with Crippen molar-refractivity contribution in [2.75, 3.05) is 13.2 Å². The van der Waals surface area contributed by atoms with Crippen LogP contribution in [-0.4, -0.2) is 24.3 Å². The summed E-state index contributed by atoms with van der Waals surface area (Å²) in [5.41, 5.74) is 0.449. The predicted octanol–water partition coefficient (Wildman–Crippen LogP) is 2.05. The molecule has 1 N–H and O–H groups in total. The zero-order chi connectivity index (χ0) is 10.8. The van der Waals surface area contributed by atoms with Crippen molar-refractivity contribution in [1.29, 1.82) is 0 Å². The van der Waals surface area contributed by atoms with Gasteiger partial charge in [0.2, 0.25) is 0 Å². The van der Waals surface area contributed by atoms with E-state index in [1.165, 1.54) is 0 Å². The highest BCUT2D eigenvalue weighted by molar-refractivity contribution is 5.86. The summed E-state index contributed by atoms with van der Waals surface area (Å²) in [5, 5.41) is 8.52. The summed E-state index contributed by atoms with van der Waals surface area (Å²) in [7, 11) is 0. The molecule has 0 aromatic heterocycles. The van der Waals surface area contributed by atoms with E-state index in [2.05, 4.69) is 6.58 Å². The lowest BCUT2D eigenvalue weighted by atomic mass is 10.1. The largest absolute Gasteiger partial charge is 0.462 e. The molecule has 0 bridgehead atoms. The molecule has 14 heavy (non-hydrogen) atoms. The summed E-state index contributed by atoms with van der Waals surface area (Å²) in [6, 6.07) is 0. The van der Waals surface area contributed by atoms with Gasteiger partial charge in [0.25, 0.3) is 0 Å². The molecule has 0 aliphatic rings. The molecule has 0 aromatic rings. The molecule has 0 saturated heterocycles. The lowest BCUT2D eigenvalue weighted by molar-refractivity contribution is -0.139. The Labute approximate surface area is 85.8 Å². The van der Waals surface area contributed by atoms with Crippen LogP contribution >= 0.6 is 0 Å². The van der Waals surface area contributed by atoms with E-state index in [9.17, 15) is 4.79 Å². The van der Waals surface area contributed by atoms with E-state index in [0.29, 0.717) is 12.2 Å². The maximum Gasteiger partial charge on any atom is 0.333 e. The first-order valence-electron chi connectivity index (χ1n) is 5.12. The Morgan fingerprint density at radius 3 is 2.36 bits per heavy atom. The SMILES string of the molecule is C=C(C)C(=O)OCCCCCCCO. The van der Waals surface area contributed by atoms with Gasteiger partial charge in [-0.25, -0.2) is 4.79 Å². The lowest BCUT2D eigenvalue weighted by Crippen LogP contribution is -2.05. The van der Waals surface area contributed by atoms with Crippen molar-refractivity contribution in [3.63, 3.8) is 0 Å². The molecule has 0 atom stereocenters. The van der Waals surface area contributed by atoms with E-state index < -0.39 is 0 Å². The third-order valence-electron chi connectivity index (χ3n) is 1.88. The summed E-state index contributed by atoms with van der Waals surface area (Å²) in [5.74, 6) is -0.305. The van der Waals surface area contributed by atoms with Gasteiger partial charge in [-0.1, -0.05) is 25.8 Å². The zero-order valence-corrected chi connectivity index (χ0v) is 8.92. The Bertz CT molecular complexity index is 175. The third kappa shape index (κ3) is 7.80. The molecular formula is C11H20O3. The van der Waals surface area contributed by atoms with Gasteiger partial charge in [0.05, 0.1) is 6.61 Å². The number of hydrogen-bond acceptors (Lipinski definition) is 3. The fourth-order valence-corrected chi connectivity index (χ4v) is 1.03. The second-order valence-corrected chi connectivity index (χ2v) is 3.41. The first-order chi connectivity index (χ1) is 6.68. The Hall–Kier alpha value is -0.830. The van der Waals surface area contributed by atoms with Gasteiger partial charge in [0.1, 0.15) is 0 Å². The van der Waals surface area contributed by atoms with Gasteiger partial charge in [-0.15, -0.1) is 0 Å². The van der Waals surface area contributed by atoms with Crippen LogP contribution in [0, 0.1) is 0 Å². The smallest absolute Gasteiger partial charge is 0.333 e. The minimum Gasteiger partial charge on any atom is -0.462 e. The fourth-order valence-electron chi connectivity index (χ4n) is 1.03. The maximum atomic E-state index is 10.9. The molecule has 3 nitrogen and oxygen atoms in total. The quantitative estimate of drug-likeness (QED) is 0.370. The molecule has 0 rings (SSSR count). The van der Waals surface area contributed by atoms with Gasteiger partial charge < -0.3 is 9.84 Å². The van der Waals surface area contributed by atoms with E-state index in [1.54, 1.807) is 6.92 Å². The monoisotopic (exact) mass is 200 g/mol. The fraction of sp³-hybridized carbons (Fsp3) is 0.727. The number of aliphatic hydroxyl groups excluding tert-OH is 1. The van der Waals surface area contributed by atoms with Crippen LogP contribution < -0.4 is 0 Å². The first-order valence-corrected chi connectivity index (χ1v) is 5.12. The number of ether oxygens (including phenoxy) is 1. The van der Waals surface area contributed by atoms with Gasteiger partial charge in [0, 0.05) is 12.2 Å². The molecule has 0 saturated carbocycles. The number of unbranched alkanes of at least 4 members (excludes halogenated alkanes) is 4. The molecule has 0 aromatic carbocycles. The normalized spacial score (nSPS) is 9.86. The van der Waals surface area contributed by atoms with Gasteiger partial charge in [-0.2, -0.15) is 0 Å². The molecule has 0 spiro atoms. The van der Waals surface area contributed by atoms with Crippen molar-refractivity contribution in [2.45, 2.75) is 39.0 Å². The van der Waals surface area contributed by atoms with Gasteiger partial charge in [-0.05, 0) is 19.8 Å². The zero-order valence-electron chi connectivity index (χ0n) is 8.92. The summed E-state index contributed by atoms with van der Waals surface area (Å²) < 4.78 is 4.92. The maximum absolute atomic E-state index is 10.9. The van der Waals surface area contributed by atoms with Crippen molar-refractivity contribution in [1.82, 2.24) is 0 Å². The highest BCUT2D eigenvalue weighted by Crippen LogP contribution is 2.03. The van der Waals surface area contributed by atoms with E-state index >= 15 is 0 Å². The molecule has 0 fully saturated rings. The molecule has 0 amide bonds. The van der Waals surface area contributed by atoms with Crippen LogP contribution in [0.25, 0.3) is 0 Å². The van der Waals surface area contributed by atoms with Crippen molar-refractivity contribution in [3.05, 3.63) is 12.2 Å². The van der Waals surface area contributed by atoms with Crippen LogP contribution in [0.5, 0.6) is 0 Å². The summed E-state index contributed by atoms with van der Waals surface area (Å²) in [6.45, 7) is 5.88. The van der Waals surface area contributed by atoms with Gasteiger partial charge in [0.15, 0.2) is 0 Å². The number of carbonyl (C=O) groups excluding carboxylic acids is 1. The second kappa shape index (κ2) is 8.75. The third-order valence-corrected chi connectivity index (χ3v) is 1.88. The first kappa shape index (κ1) is 13.2. The molecule has 82 valence electrons. The molecular weight excluding hydrogens is 180 g/mol. The highest BCUT2D eigenvalue weighted by atomic mass is 16.5. The highest BCUT2D eigenvalue weighted by Gasteiger charge is 2.01. The average Bonchev–Trinajstić information content (AvgIpc) is 2.16. The molecule has 3 heteroatoms. The molecule has 0 aliphatic carbocycles. The van der Waals surface area contributed by atoms with Crippen LogP contribution in [0.4, 0.5) is 0 Å². The van der Waals surface area contributed by atoms with Crippen LogP contribution in [0.1, 0.15) is 39.0 Å². The van der Waals surface area contributed by atoms with Crippen LogP contribution in [0.15, 0.2) is 12.2 Å². The van der Waals surface area contributed by atoms with E-state index in [0.717, 1.165) is 32.1 Å². The van der Waals surface area contributed by atoms with Crippen LogP contribution in [-0.2, 0) is 9.53 Å². The standard InChI is InChI=1S/C11H20O3/c1-10(2)11(13)14-9-7-5-3-4-6-8-12/h12H,1,3-9H2,2H3. The Balaban J connectivity index is 3.13. The lowest BCUT2D eigenvalue weighted by Gasteiger charge is -2.03. The van der Waals surface area contributed by atoms with Gasteiger partial charge >= 0.3 is 5.97 Å². The summed E-state index contributed by atoms with van der Waals surface area (Å²) in [6.07, 6.45) is 4.94. The second-order valence-electron chi connectivity index (χ2n) is 3.41. The molecule has 0 unspecified atom stereocenters. The number of rotatable bonds is 8. The average molecular weight is 200 g/mol. The molecule has 0 radical (unpaired) electrons. The molecule has 0 heterocycles. The Kier molecular flexibility index (Phi) is 8.24. The predicted molar refractivity (Wildman–Crippen MR) is 55.9 cm³/mol. The van der Waals surface area contributed by atoms with E-state index in [-0.39, 0.29) is 12.6 Å². The summed E-state index contributed by atoms with van der Waals surface area (Å²) >= 11 is 0.